The minimum Gasteiger partial charge on any atom is -0.480 e. The van der Waals surface area contributed by atoms with E-state index in [0.717, 1.165) is 18.9 Å². The number of hydrogen-bond donors (Lipinski definition) is 4. The number of ether oxygens (including phenoxy) is 2. The molecule has 0 saturated carbocycles. The fourth-order valence-electron chi connectivity index (χ4n) is 2.36. The molecule has 6 N–H and O–H groups in total. The molecule has 1 saturated heterocycles. The number of aliphatic imine (C=N–C) groups is 1. The molecule has 0 radical (unpaired) electrons. The molecule has 21 heavy (non-hydrogen) atoms. The van der Waals surface area contributed by atoms with Crippen molar-refractivity contribution in [2.45, 2.75) is 5.66 Å². The van der Waals surface area contributed by atoms with Gasteiger partial charge in [-0.1, -0.05) is 0 Å². The molecule has 1 fully saturated rings. The van der Waals surface area contributed by atoms with Crippen LogP contribution in [0.5, 0.6) is 5.88 Å². The van der Waals surface area contributed by atoms with E-state index < -0.39 is 5.66 Å². The van der Waals surface area contributed by atoms with Crippen molar-refractivity contribution in [1.29, 1.82) is 0 Å². The Morgan fingerprint density at radius 1 is 1.43 bits per heavy atom. The van der Waals surface area contributed by atoms with Crippen LogP contribution in [0.15, 0.2) is 23.0 Å². The van der Waals surface area contributed by atoms with E-state index in [0.29, 0.717) is 24.8 Å². The largest absolute Gasteiger partial charge is 0.480 e. The van der Waals surface area contributed by atoms with Gasteiger partial charge in [0.15, 0.2) is 11.6 Å². The van der Waals surface area contributed by atoms with E-state index in [2.05, 4.69) is 25.4 Å². The molecule has 1 aromatic heterocycles. The maximum absolute atomic E-state index is 6.37. The molecule has 0 spiro atoms. The maximum atomic E-state index is 6.37. The third-order valence-corrected chi connectivity index (χ3v) is 3.47. The Kier molecular flexibility index (Phi) is 3.43. The Labute approximate surface area is 122 Å². The summed E-state index contributed by atoms with van der Waals surface area (Å²) in [6, 6.07) is 1.70. The summed E-state index contributed by atoms with van der Waals surface area (Å²) in [5.41, 5.74) is 11.7. The first kappa shape index (κ1) is 13.7. The van der Waals surface area contributed by atoms with E-state index in [1.54, 1.807) is 6.07 Å². The molecule has 3 rings (SSSR count). The molecule has 9 nitrogen and oxygen atoms in total. The Morgan fingerprint density at radius 3 is 2.86 bits per heavy atom. The molecule has 2 aliphatic heterocycles. The van der Waals surface area contributed by atoms with Crippen LogP contribution in [0.1, 0.15) is 5.69 Å². The van der Waals surface area contributed by atoms with Crippen LogP contribution in [0.25, 0.3) is 0 Å². The highest BCUT2D eigenvalue weighted by molar-refractivity contribution is 5.81. The first-order valence-electron chi connectivity index (χ1n) is 6.67. The van der Waals surface area contributed by atoms with Gasteiger partial charge in [0.2, 0.25) is 5.88 Å². The van der Waals surface area contributed by atoms with Crippen LogP contribution in [0.3, 0.4) is 0 Å². The number of H-pyrrole nitrogens is 1. The lowest BCUT2D eigenvalue weighted by Gasteiger charge is -2.35. The van der Waals surface area contributed by atoms with Crippen LogP contribution in [-0.4, -0.2) is 54.5 Å². The van der Waals surface area contributed by atoms with E-state index in [-0.39, 0.29) is 5.96 Å². The van der Waals surface area contributed by atoms with E-state index >= 15 is 0 Å². The average Bonchev–Trinajstić information content (AvgIpc) is 2.97. The van der Waals surface area contributed by atoms with Crippen LogP contribution in [0.4, 0.5) is 0 Å². The van der Waals surface area contributed by atoms with Crippen molar-refractivity contribution in [1.82, 2.24) is 20.4 Å². The molecule has 114 valence electrons. The minimum atomic E-state index is -1.10. The van der Waals surface area contributed by atoms with Gasteiger partial charge in [0.1, 0.15) is 5.82 Å². The average molecular weight is 293 g/mol. The second-order valence-electron chi connectivity index (χ2n) is 4.90. The normalized spacial score (nSPS) is 25.9. The van der Waals surface area contributed by atoms with Crippen molar-refractivity contribution in [2.24, 2.45) is 16.5 Å². The number of morpholine rings is 1. The van der Waals surface area contributed by atoms with Gasteiger partial charge in [-0.15, -0.1) is 5.10 Å². The highest BCUT2D eigenvalue weighted by atomic mass is 16.5. The van der Waals surface area contributed by atoms with Crippen LogP contribution in [0.2, 0.25) is 0 Å². The molecule has 0 aromatic carbocycles. The van der Waals surface area contributed by atoms with Crippen molar-refractivity contribution in [3.63, 3.8) is 0 Å². The molecule has 1 unspecified atom stereocenters. The monoisotopic (exact) mass is 293 g/mol. The lowest BCUT2D eigenvalue weighted by Crippen LogP contribution is -2.50. The van der Waals surface area contributed by atoms with Crippen LogP contribution in [-0.2, 0) is 10.4 Å². The number of aromatic amines is 1. The molecule has 1 aromatic rings. The third kappa shape index (κ3) is 2.65. The molecule has 0 aliphatic carbocycles. The SMILES string of the molecule is COc1cc(C2(N)C=C(N3CCOCC3)NC(N)=N2)[nH]n1. The molecule has 3 heterocycles. The first-order chi connectivity index (χ1) is 10.1. The molecular formula is C12H19N7O2. The number of aromatic nitrogens is 2. The van der Waals surface area contributed by atoms with Crippen LogP contribution < -0.4 is 21.5 Å². The molecule has 0 amide bonds. The maximum Gasteiger partial charge on any atom is 0.232 e. The van der Waals surface area contributed by atoms with Crippen molar-refractivity contribution < 1.29 is 9.47 Å². The lowest BCUT2D eigenvalue weighted by atomic mass is 10.1. The summed E-state index contributed by atoms with van der Waals surface area (Å²) < 4.78 is 10.4. The van der Waals surface area contributed by atoms with E-state index in [1.165, 1.54) is 7.11 Å². The zero-order valence-electron chi connectivity index (χ0n) is 11.8. The molecule has 1 atom stereocenters. The zero-order chi connectivity index (χ0) is 14.9. The minimum absolute atomic E-state index is 0.259. The van der Waals surface area contributed by atoms with Crippen molar-refractivity contribution in [3.05, 3.63) is 23.7 Å². The summed E-state index contributed by atoms with van der Waals surface area (Å²) in [5, 5.41) is 9.88. The number of nitrogens with two attached hydrogens (primary N) is 2. The summed E-state index contributed by atoms with van der Waals surface area (Å²) in [6.07, 6.45) is 1.82. The number of rotatable bonds is 3. The van der Waals surface area contributed by atoms with Gasteiger partial charge in [-0.05, 0) is 0 Å². The number of hydrogen-bond acceptors (Lipinski definition) is 8. The van der Waals surface area contributed by atoms with Crippen LogP contribution >= 0.6 is 0 Å². The van der Waals surface area contributed by atoms with Crippen molar-refractivity contribution in [3.8, 4) is 5.88 Å². The highest BCUT2D eigenvalue weighted by Gasteiger charge is 2.33. The van der Waals surface area contributed by atoms with Gasteiger partial charge in [0, 0.05) is 25.2 Å². The van der Waals surface area contributed by atoms with Crippen molar-refractivity contribution >= 4 is 5.96 Å². The Balaban J connectivity index is 1.91. The Morgan fingerprint density at radius 2 is 2.19 bits per heavy atom. The zero-order valence-corrected chi connectivity index (χ0v) is 11.8. The lowest BCUT2D eigenvalue weighted by molar-refractivity contribution is 0.0508. The summed E-state index contributed by atoms with van der Waals surface area (Å²) in [7, 11) is 1.54. The Bertz CT molecular complexity index is 576. The topological polar surface area (TPSA) is 127 Å². The standard InChI is InChI=1S/C12H19N7O2/c1-20-10-6-8(17-18-10)12(14)7-9(15-11(13)16-12)19-2-4-21-5-3-19/h6-7H,2-5,14H2,1H3,(H,17,18)(H3,13,15,16). The quantitative estimate of drug-likeness (QED) is 0.541. The highest BCUT2D eigenvalue weighted by Crippen LogP contribution is 2.26. The molecule has 9 heteroatoms. The number of nitrogens with one attached hydrogen (secondary N) is 2. The molecule has 2 aliphatic rings. The summed E-state index contributed by atoms with van der Waals surface area (Å²) in [4.78, 5) is 6.40. The van der Waals surface area contributed by atoms with Gasteiger partial charge >= 0.3 is 0 Å². The van der Waals surface area contributed by atoms with Gasteiger partial charge in [-0.3, -0.25) is 10.8 Å². The second kappa shape index (κ2) is 5.26. The van der Waals surface area contributed by atoms with Gasteiger partial charge in [0.25, 0.3) is 0 Å². The molecular weight excluding hydrogens is 274 g/mol. The van der Waals surface area contributed by atoms with Gasteiger partial charge in [0.05, 0.1) is 26.0 Å². The van der Waals surface area contributed by atoms with E-state index in [1.807, 2.05) is 6.08 Å². The predicted molar refractivity (Wildman–Crippen MR) is 76.2 cm³/mol. The fourth-order valence-corrected chi connectivity index (χ4v) is 2.36. The second-order valence-corrected chi connectivity index (χ2v) is 4.90. The smallest absolute Gasteiger partial charge is 0.232 e. The fraction of sp³-hybridized carbons (Fsp3) is 0.500. The van der Waals surface area contributed by atoms with Gasteiger partial charge in [-0.2, -0.15) is 0 Å². The third-order valence-electron chi connectivity index (χ3n) is 3.47. The van der Waals surface area contributed by atoms with E-state index in [9.17, 15) is 0 Å². The Hall–Kier alpha value is -2.26. The van der Waals surface area contributed by atoms with Crippen molar-refractivity contribution in [2.75, 3.05) is 33.4 Å². The summed E-state index contributed by atoms with van der Waals surface area (Å²) >= 11 is 0. The summed E-state index contributed by atoms with van der Waals surface area (Å²) in [6.45, 7) is 2.89. The number of nitrogens with zero attached hydrogens (tertiary/aromatic N) is 3. The molecule has 0 bridgehead atoms. The number of guanidine groups is 1. The van der Waals surface area contributed by atoms with Gasteiger partial charge < -0.3 is 25.4 Å². The van der Waals surface area contributed by atoms with E-state index in [4.69, 9.17) is 20.9 Å². The first-order valence-corrected chi connectivity index (χ1v) is 6.67. The predicted octanol–water partition coefficient (Wildman–Crippen LogP) is -1.38. The van der Waals surface area contributed by atoms with Gasteiger partial charge in [-0.25, -0.2) is 4.99 Å². The summed E-state index contributed by atoms with van der Waals surface area (Å²) in [5.74, 6) is 1.53. The number of methoxy groups -OCH3 is 1. The van der Waals surface area contributed by atoms with Crippen LogP contribution in [0, 0.1) is 0 Å².